The maximum absolute atomic E-state index is 13.3. The van der Waals surface area contributed by atoms with Gasteiger partial charge < -0.3 is 4.42 Å². The monoisotopic (exact) mass is 433 g/mol. The van der Waals surface area contributed by atoms with Crippen LogP contribution in [-0.2, 0) is 0 Å². The highest BCUT2D eigenvalue weighted by Gasteiger charge is 2.27. The van der Waals surface area contributed by atoms with Gasteiger partial charge in [-0.2, -0.15) is 5.10 Å². The van der Waals surface area contributed by atoms with Crippen LogP contribution in [0, 0.1) is 0 Å². The van der Waals surface area contributed by atoms with Crippen molar-refractivity contribution in [3.05, 3.63) is 100 Å². The number of furan rings is 1. The number of rotatable bonds is 5. The third-order valence-electron chi connectivity index (χ3n) is 4.48. The molecule has 5 rings (SSSR count). The Bertz CT molecular complexity index is 1370. The van der Waals surface area contributed by atoms with Gasteiger partial charge in [0.15, 0.2) is 10.8 Å². The van der Waals surface area contributed by atoms with Crippen molar-refractivity contribution in [2.24, 2.45) is 0 Å². The van der Waals surface area contributed by atoms with Crippen LogP contribution in [0.1, 0.15) is 31.6 Å². The molecule has 0 fully saturated rings. The molecular weight excluding hydrogens is 422 g/mol. The average Bonchev–Trinajstić information content (AvgIpc) is 3.52. The van der Waals surface area contributed by atoms with Crippen molar-refractivity contribution in [2.45, 2.75) is 0 Å². The van der Waals surface area contributed by atoms with Crippen LogP contribution in [0.5, 0.6) is 0 Å². The number of hydrogen-bond acceptors (Lipinski definition) is 6. The fraction of sp³-hybridized carbons (Fsp3) is 0. The molecule has 0 saturated carbocycles. The van der Waals surface area contributed by atoms with Crippen molar-refractivity contribution >= 4 is 44.7 Å². The van der Waals surface area contributed by atoms with Crippen molar-refractivity contribution in [2.75, 3.05) is 0 Å². The zero-order valence-corrected chi connectivity index (χ0v) is 16.9. The summed E-state index contributed by atoms with van der Waals surface area (Å²) in [5.74, 6) is -0.733. The lowest BCUT2D eigenvalue weighted by Crippen LogP contribution is -2.09. The topological polar surface area (TPSA) is 78.0 Å². The standard InChI is InChI=1S/C22H12ClN3O3S/c23-13-5-3-6-14(11-13)26-12-15(20(27)17-8-4-10-29-17)19(25-26)21(28)22-24-16-7-1-2-9-18(16)30-22/h1-12H. The van der Waals surface area contributed by atoms with E-state index in [1.165, 1.54) is 28.5 Å². The van der Waals surface area contributed by atoms with Crippen molar-refractivity contribution in [3.63, 3.8) is 0 Å². The predicted octanol–water partition coefficient (Wildman–Crippen LogP) is 5.19. The van der Waals surface area contributed by atoms with Crippen LogP contribution < -0.4 is 0 Å². The first kappa shape index (κ1) is 18.5. The maximum Gasteiger partial charge on any atom is 0.242 e. The van der Waals surface area contributed by atoms with Crippen molar-refractivity contribution in [1.29, 1.82) is 0 Å². The molecule has 0 radical (unpaired) electrons. The highest BCUT2D eigenvalue weighted by molar-refractivity contribution is 7.20. The van der Waals surface area contributed by atoms with E-state index in [9.17, 15) is 9.59 Å². The first-order chi connectivity index (χ1) is 14.6. The Morgan fingerprint density at radius 2 is 1.87 bits per heavy atom. The van der Waals surface area contributed by atoms with E-state index in [1.54, 1.807) is 36.4 Å². The van der Waals surface area contributed by atoms with Crippen LogP contribution in [0.4, 0.5) is 0 Å². The number of para-hydroxylation sites is 1. The molecule has 6 nitrogen and oxygen atoms in total. The van der Waals surface area contributed by atoms with Gasteiger partial charge in [0.05, 0.1) is 27.7 Å². The molecule has 0 atom stereocenters. The van der Waals surface area contributed by atoms with Crippen LogP contribution in [0.3, 0.4) is 0 Å². The molecule has 0 aliphatic heterocycles. The van der Waals surface area contributed by atoms with E-state index in [2.05, 4.69) is 10.1 Å². The van der Waals surface area contributed by atoms with Gasteiger partial charge in [-0.1, -0.05) is 29.8 Å². The molecule has 0 amide bonds. The summed E-state index contributed by atoms with van der Waals surface area (Å²) in [5, 5.41) is 5.19. The molecule has 146 valence electrons. The van der Waals surface area contributed by atoms with Crippen LogP contribution in [0.15, 0.2) is 77.5 Å². The van der Waals surface area contributed by atoms with Crippen molar-refractivity contribution in [1.82, 2.24) is 14.8 Å². The zero-order valence-electron chi connectivity index (χ0n) is 15.3. The summed E-state index contributed by atoms with van der Waals surface area (Å²) in [5.41, 5.74) is 1.49. The molecule has 0 aliphatic carbocycles. The Morgan fingerprint density at radius 3 is 2.63 bits per heavy atom. The average molecular weight is 434 g/mol. The number of halogens is 1. The van der Waals surface area contributed by atoms with Crippen LogP contribution in [0.2, 0.25) is 5.02 Å². The lowest BCUT2D eigenvalue weighted by atomic mass is 10.1. The van der Waals surface area contributed by atoms with E-state index < -0.39 is 11.6 Å². The summed E-state index contributed by atoms with van der Waals surface area (Å²) in [6.07, 6.45) is 2.92. The number of carbonyl (C=O) groups is 2. The van der Waals surface area contributed by atoms with Gasteiger partial charge in [0, 0.05) is 11.2 Å². The highest BCUT2D eigenvalue weighted by atomic mass is 35.5. The van der Waals surface area contributed by atoms with Gasteiger partial charge in [0.1, 0.15) is 5.69 Å². The number of hydrogen-bond donors (Lipinski definition) is 0. The summed E-state index contributed by atoms with van der Waals surface area (Å²) in [6.45, 7) is 0. The van der Waals surface area contributed by atoms with E-state index in [-0.39, 0.29) is 22.0 Å². The molecule has 0 spiro atoms. The Balaban J connectivity index is 1.65. The third kappa shape index (κ3) is 3.24. The largest absolute Gasteiger partial charge is 0.461 e. The molecular formula is C22H12ClN3O3S. The molecule has 0 unspecified atom stereocenters. The maximum atomic E-state index is 13.3. The Labute approximate surface area is 179 Å². The van der Waals surface area contributed by atoms with Gasteiger partial charge >= 0.3 is 0 Å². The summed E-state index contributed by atoms with van der Waals surface area (Å²) >= 11 is 7.35. The Morgan fingerprint density at radius 1 is 1.00 bits per heavy atom. The molecule has 2 aromatic carbocycles. The van der Waals surface area contributed by atoms with Gasteiger partial charge in [0.25, 0.3) is 0 Å². The number of carbonyl (C=O) groups excluding carboxylic acids is 2. The number of thiazole rings is 1. The molecule has 3 heterocycles. The van der Waals surface area contributed by atoms with Crippen LogP contribution in [-0.4, -0.2) is 26.3 Å². The van der Waals surface area contributed by atoms with Crippen LogP contribution >= 0.6 is 22.9 Å². The normalized spacial score (nSPS) is 11.1. The Hall–Kier alpha value is -3.55. The third-order valence-corrected chi connectivity index (χ3v) is 5.75. The minimum absolute atomic E-state index is 0.00966. The number of nitrogens with zero attached hydrogens (tertiary/aromatic N) is 3. The fourth-order valence-corrected chi connectivity index (χ4v) is 4.16. The lowest BCUT2D eigenvalue weighted by molar-refractivity contribution is 0.0986. The van der Waals surface area contributed by atoms with Gasteiger partial charge in [-0.3, -0.25) is 9.59 Å². The number of ketones is 2. The zero-order chi connectivity index (χ0) is 20.7. The van der Waals surface area contributed by atoms with Gasteiger partial charge in [-0.25, -0.2) is 9.67 Å². The predicted molar refractivity (Wildman–Crippen MR) is 114 cm³/mol. The molecule has 0 aliphatic rings. The SMILES string of the molecule is O=C(c1ccco1)c1cn(-c2cccc(Cl)c2)nc1C(=O)c1nc2ccccc2s1. The second kappa shape index (κ2) is 7.37. The molecule has 0 saturated heterocycles. The van der Waals surface area contributed by atoms with E-state index in [0.717, 1.165) is 10.2 Å². The molecule has 3 aromatic heterocycles. The second-order valence-corrected chi connectivity index (χ2v) is 7.91. The van der Waals surface area contributed by atoms with Gasteiger partial charge in [-0.15, -0.1) is 11.3 Å². The second-order valence-electron chi connectivity index (χ2n) is 6.44. The van der Waals surface area contributed by atoms with E-state index in [4.69, 9.17) is 16.0 Å². The fourth-order valence-electron chi connectivity index (χ4n) is 3.07. The summed E-state index contributed by atoms with van der Waals surface area (Å²) in [7, 11) is 0. The van der Waals surface area contributed by atoms with Gasteiger partial charge in [0.2, 0.25) is 11.6 Å². The number of benzene rings is 2. The quantitative estimate of drug-likeness (QED) is 0.356. The minimum Gasteiger partial charge on any atom is -0.461 e. The molecule has 8 heteroatoms. The number of fused-ring (bicyclic) bond motifs is 1. The summed E-state index contributed by atoms with van der Waals surface area (Å²) < 4.78 is 7.58. The van der Waals surface area contributed by atoms with E-state index in [1.807, 2.05) is 24.3 Å². The smallest absolute Gasteiger partial charge is 0.242 e. The lowest BCUT2D eigenvalue weighted by Gasteiger charge is -2.00. The molecule has 30 heavy (non-hydrogen) atoms. The Kier molecular flexibility index (Phi) is 4.54. The van der Waals surface area contributed by atoms with Crippen molar-refractivity contribution in [3.8, 4) is 5.69 Å². The molecule has 0 N–H and O–H groups in total. The summed E-state index contributed by atoms with van der Waals surface area (Å²) in [4.78, 5) is 30.7. The molecule has 5 aromatic rings. The number of aromatic nitrogens is 3. The first-order valence-electron chi connectivity index (χ1n) is 8.94. The summed E-state index contributed by atoms with van der Waals surface area (Å²) in [6, 6.07) is 17.6. The van der Waals surface area contributed by atoms with E-state index >= 15 is 0 Å². The molecule has 0 bridgehead atoms. The minimum atomic E-state index is -0.433. The van der Waals surface area contributed by atoms with Crippen molar-refractivity contribution < 1.29 is 14.0 Å². The van der Waals surface area contributed by atoms with E-state index in [0.29, 0.717) is 10.7 Å². The van der Waals surface area contributed by atoms with Gasteiger partial charge in [-0.05, 0) is 42.5 Å². The first-order valence-corrected chi connectivity index (χ1v) is 10.1. The highest BCUT2D eigenvalue weighted by Crippen LogP contribution is 2.26. The van der Waals surface area contributed by atoms with Crippen LogP contribution in [0.25, 0.3) is 15.9 Å².